The number of hydrogen-bond donors (Lipinski definition) is 1. The lowest BCUT2D eigenvalue weighted by Gasteiger charge is -2.16. The number of amides is 1. The summed E-state index contributed by atoms with van der Waals surface area (Å²) in [4.78, 5) is 12.2. The Morgan fingerprint density at radius 3 is 2.55 bits per heavy atom. The molecule has 0 radical (unpaired) electrons. The number of carbonyl (C=O) groups is 1. The third kappa shape index (κ3) is 4.94. The number of nitrogens with zero attached hydrogens (tertiary/aromatic N) is 2. The fraction of sp³-hybridized carbons (Fsp3) is 0.100. The molecular formula is C20H17Cl2N3O3S. The van der Waals surface area contributed by atoms with E-state index in [2.05, 4.69) is 10.5 Å². The van der Waals surface area contributed by atoms with Gasteiger partial charge in [-0.15, -0.1) is 0 Å². The minimum Gasteiger partial charge on any atom is -0.272 e. The number of hydrogen-bond acceptors (Lipinski definition) is 4. The van der Waals surface area contributed by atoms with Gasteiger partial charge in [-0.25, -0.2) is 13.8 Å². The molecule has 3 aromatic carbocycles. The van der Waals surface area contributed by atoms with Crippen LogP contribution in [0.3, 0.4) is 0 Å². The number of fused-ring (bicyclic) bond motifs is 1. The fourth-order valence-corrected chi connectivity index (χ4v) is 4.14. The van der Waals surface area contributed by atoms with Crippen LogP contribution in [0.25, 0.3) is 10.8 Å². The van der Waals surface area contributed by atoms with Gasteiger partial charge in [-0.2, -0.15) is 9.41 Å². The lowest BCUT2D eigenvalue weighted by molar-refractivity contribution is -0.121. The van der Waals surface area contributed by atoms with Crippen LogP contribution < -0.4 is 5.43 Å². The second-order valence-corrected chi connectivity index (χ2v) is 9.04. The third-order valence-electron chi connectivity index (χ3n) is 4.17. The van der Waals surface area contributed by atoms with Gasteiger partial charge < -0.3 is 0 Å². The Morgan fingerprint density at radius 1 is 1.07 bits per heavy atom. The van der Waals surface area contributed by atoms with E-state index >= 15 is 0 Å². The topological polar surface area (TPSA) is 78.8 Å². The summed E-state index contributed by atoms with van der Waals surface area (Å²) in [6, 6.07) is 17.3. The van der Waals surface area contributed by atoms with Crippen molar-refractivity contribution in [1.29, 1.82) is 0 Å². The summed E-state index contributed by atoms with van der Waals surface area (Å²) in [5, 5.41) is 6.21. The Morgan fingerprint density at radius 2 is 1.79 bits per heavy atom. The van der Waals surface area contributed by atoms with E-state index in [0.717, 1.165) is 15.1 Å². The van der Waals surface area contributed by atoms with Crippen molar-refractivity contribution >= 4 is 56.1 Å². The van der Waals surface area contributed by atoms with Gasteiger partial charge in [0.05, 0.1) is 27.7 Å². The van der Waals surface area contributed by atoms with Crippen LogP contribution >= 0.6 is 23.2 Å². The molecule has 0 aliphatic heterocycles. The highest BCUT2D eigenvalue weighted by Gasteiger charge is 2.23. The van der Waals surface area contributed by atoms with Crippen LogP contribution in [0.15, 0.2) is 70.7 Å². The SMILES string of the molecule is CN(CC(=O)N/N=C\c1cccc(Cl)c1Cl)S(=O)(=O)c1ccc2ccccc2c1. The highest BCUT2D eigenvalue weighted by atomic mass is 35.5. The molecule has 9 heteroatoms. The molecule has 3 rings (SSSR count). The van der Waals surface area contributed by atoms with Gasteiger partial charge in [0.2, 0.25) is 10.0 Å². The van der Waals surface area contributed by atoms with E-state index in [1.54, 1.807) is 30.3 Å². The van der Waals surface area contributed by atoms with Gasteiger partial charge in [-0.3, -0.25) is 4.79 Å². The number of nitrogens with one attached hydrogen (secondary N) is 1. The van der Waals surface area contributed by atoms with Crippen LogP contribution in [0.5, 0.6) is 0 Å². The number of likely N-dealkylation sites (N-methyl/N-ethyl adjacent to an activating group) is 1. The number of benzene rings is 3. The van der Waals surface area contributed by atoms with Crippen molar-refractivity contribution in [3.63, 3.8) is 0 Å². The van der Waals surface area contributed by atoms with E-state index in [9.17, 15) is 13.2 Å². The quantitative estimate of drug-likeness (QED) is 0.457. The van der Waals surface area contributed by atoms with Crippen LogP contribution in [0.1, 0.15) is 5.56 Å². The minimum absolute atomic E-state index is 0.112. The highest BCUT2D eigenvalue weighted by Crippen LogP contribution is 2.24. The monoisotopic (exact) mass is 449 g/mol. The van der Waals surface area contributed by atoms with Crippen LogP contribution in [0.4, 0.5) is 0 Å². The second kappa shape index (κ2) is 8.92. The van der Waals surface area contributed by atoms with E-state index in [1.807, 2.05) is 24.3 Å². The average Bonchev–Trinajstić information content (AvgIpc) is 2.70. The Kier molecular flexibility index (Phi) is 6.54. The zero-order valence-corrected chi connectivity index (χ0v) is 17.7. The molecule has 29 heavy (non-hydrogen) atoms. The van der Waals surface area contributed by atoms with E-state index in [1.165, 1.54) is 19.3 Å². The number of halogens is 2. The number of sulfonamides is 1. The number of hydrazone groups is 1. The molecule has 0 saturated heterocycles. The zero-order valence-electron chi connectivity index (χ0n) is 15.3. The van der Waals surface area contributed by atoms with Gasteiger partial charge >= 0.3 is 0 Å². The predicted molar refractivity (Wildman–Crippen MR) is 116 cm³/mol. The lowest BCUT2D eigenvalue weighted by Crippen LogP contribution is -2.36. The summed E-state index contributed by atoms with van der Waals surface area (Å²) < 4.78 is 26.5. The summed E-state index contributed by atoms with van der Waals surface area (Å²) in [5.74, 6) is -0.591. The zero-order chi connectivity index (χ0) is 21.0. The van der Waals surface area contributed by atoms with Crippen molar-refractivity contribution in [3.05, 3.63) is 76.3 Å². The molecule has 0 spiro atoms. The summed E-state index contributed by atoms with van der Waals surface area (Å²) in [6.07, 6.45) is 1.34. The number of rotatable bonds is 6. The van der Waals surface area contributed by atoms with E-state index in [4.69, 9.17) is 23.2 Å². The Labute approximate surface area is 178 Å². The van der Waals surface area contributed by atoms with Crippen molar-refractivity contribution in [3.8, 4) is 0 Å². The molecule has 1 amide bonds. The summed E-state index contributed by atoms with van der Waals surface area (Å²) in [5.41, 5.74) is 2.81. The molecule has 0 aliphatic carbocycles. The Balaban J connectivity index is 1.67. The highest BCUT2D eigenvalue weighted by molar-refractivity contribution is 7.89. The van der Waals surface area contributed by atoms with Crippen LogP contribution in [-0.2, 0) is 14.8 Å². The maximum atomic E-state index is 12.8. The molecule has 0 bridgehead atoms. The molecule has 0 atom stereocenters. The Bertz CT molecular complexity index is 1200. The standard InChI is InChI=1S/C20H17Cl2N3O3S/c1-25(13-19(26)24-23-12-16-7-4-8-18(21)20(16)22)29(27,28)17-10-9-14-5-2-3-6-15(14)11-17/h2-12H,13H2,1H3,(H,24,26)/b23-12-. The van der Waals surface area contributed by atoms with Crippen molar-refractivity contribution in [2.24, 2.45) is 5.10 Å². The first-order valence-corrected chi connectivity index (χ1v) is 10.7. The van der Waals surface area contributed by atoms with Gasteiger partial charge in [-0.1, -0.05) is 65.7 Å². The molecule has 3 aromatic rings. The van der Waals surface area contributed by atoms with Crippen LogP contribution in [0.2, 0.25) is 10.0 Å². The van der Waals surface area contributed by atoms with E-state index < -0.39 is 22.5 Å². The molecule has 150 valence electrons. The van der Waals surface area contributed by atoms with Crippen molar-refractivity contribution in [2.75, 3.05) is 13.6 Å². The van der Waals surface area contributed by atoms with Gasteiger partial charge in [0.15, 0.2) is 0 Å². The van der Waals surface area contributed by atoms with Gasteiger partial charge in [0.1, 0.15) is 0 Å². The van der Waals surface area contributed by atoms with E-state index in [0.29, 0.717) is 15.6 Å². The first kappa shape index (κ1) is 21.3. The molecule has 6 nitrogen and oxygen atoms in total. The third-order valence-corrected chi connectivity index (χ3v) is 6.80. The maximum absolute atomic E-state index is 12.8. The van der Waals surface area contributed by atoms with Gasteiger partial charge in [0, 0.05) is 12.6 Å². The predicted octanol–water partition coefficient (Wildman–Crippen LogP) is 3.92. The largest absolute Gasteiger partial charge is 0.272 e. The maximum Gasteiger partial charge on any atom is 0.255 e. The minimum atomic E-state index is -3.83. The molecule has 0 saturated carbocycles. The molecule has 1 N–H and O–H groups in total. The first-order chi connectivity index (χ1) is 13.8. The Hall–Kier alpha value is -2.45. The molecular weight excluding hydrogens is 433 g/mol. The molecule has 0 fully saturated rings. The smallest absolute Gasteiger partial charge is 0.255 e. The van der Waals surface area contributed by atoms with Crippen molar-refractivity contribution in [1.82, 2.24) is 9.73 Å². The molecule has 0 unspecified atom stereocenters. The fourth-order valence-electron chi connectivity index (χ4n) is 2.62. The summed E-state index contributed by atoms with van der Waals surface area (Å²) >= 11 is 12.0. The van der Waals surface area contributed by atoms with Gasteiger partial charge in [-0.05, 0) is 29.0 Å². The summed E-state index contributed by atoms with van der Waals surface area (Å²) in [6.45, 7) is -0.393. The number of carbonyl (C=O) groups excluding carboxylic acids is 1. The lowest BCUT2D eigenvalue weighted by atomic mass is 10.1. The molecule has 0 aromatic heterocycles. The van der Waals surface area contributed by atoms with Crippen LogP contribution in [-0.4, -0.2) is 38.4 Å². The van der Waals surface area contributed by atoms with Crippen molar-refractivity contribution in [2.45, 2.75) is 4.90 Å². The first-order valence-electron chi connectivity index (χ1n) is 8.50. The average molecular weight is 450 g/mol. The van der Waals surface area contributed by atoms with Gasteiger partial charge in [0.25, 0.3) is 5.91 Å². The second-order valence-electron chi connectivity index (χ2n) is 6.21. The normalized spacial score (nSPS) is 12.0. The van der Waals surface area contributed by atoms with Crippen molar-refractivity contribution < 1.29 is 13.2 Å². The molecule has 0 heterocycles. The summed E-state index contributed by atoms with van der Waals surface area (Å²) in [7, 11) is -2.50. The van der Waals surface area contributed by atoms with Crippen LogP contribution in [0, 0.1) is 0 Å². The van der Waals surface area contributed by atoms with E-state index in [-0.39, 0.29) is 4.90 Å². The molecule has 0 aliphatic rings.